The van der Waals surface area contributed by atoms with Crippen molar-refractivity contribution in [2.24, 2.45) is 0 Å². The summed E-state index contributed by atoms with van der Waals surface area (Å²) in [7, 11) is 0. The van der Waals surface area contributed by atoms with Crippen molar-refractivity contribution >= 4 is 23.3 Å². The lowest BCUT2D eigenvalue weighted by atomic mass is 9.93. The fourth-order valence-electron chi connectivity index (χ4n) is 2.65. The van der Waals surface area contributed by atoms with Gasteiger partial charge in [0.2, 0.25) is 0 Å². The summed E-state index contributed by atoms with van der Waals surface area (Å²) in [6.45, 7) is 2.09. The fraction of sp³-hybridized carbons (Fsp3) is 0.294. The molecule has 2 aromatic rings. The van der Waals surface area contributed by atoms with Crippen LogP contribution in [0.1, 0.15) is 34.7 Å². The molecule has 0 bridgehead atoms. The van der Waals surface area contributed by atoms with Crippen LogP contribution in [0.15, 0.2) is 42.6 Å². The number of nitrogens with zero attached hydrogens (tertiary/aromatic N) is 1. The molecule has 1 unspecified atom stereocenters. The van der Waals surface area contributed by atoms with Gasteiger partial charge < -0.3 is 10.6 Å². The molecular formula is C17H18ClN3O. The Bertz CT molecular complexity index is 634. The molecule has 114 valence electrons. The minimum Gasteiger partial charge on any atom is -0.316 e. The van der Waals surface area contributed by atoms with Crippen molar-refractivity contribution in [1.29, 1.82) is 0 Å². The highest BCUT2D eigenvalue weighted by atomic mass is 35.5. The van der Waals surface area contributed by atoms with Crippen molar-refractivity contribution < 1.29 is 4.79 Å². The van der Waals surface area contributed by atoms with Crippen molar-refractivity contribution in [3.8, 4) is 0 Å². The van der Waals surface area contributed by atoms with E-state index in [4.69, 9.17) is 11.6 Å². The van der Waals surface area contributed by atoms with Crippen LogP contribution < -0.4 is 10.6 Å². The van der Waals surface area contributed by atoms with Crippen LogP contribution in [0.2, 0.25) is 5.02 Å². The van der Waals surface area contributed by atoms with Gasteiger partial charge in [0.15, 0.2) is 0 Å². The van der Waals surface area contributed by atoms with E-state index in [0.717, 1.165) is 13.1 Å². The molecule has 0 spiro atoms. The van der Waals surface area contributed by atoms with Crippen LogP contribution in [-0.4, -0.2) is 24.0 Å². The van der Waals surface area contributed by atoms with Gasteiger partial charge in [0.1, 0.15) is 5.82 Å². The monoisotopic (exact) mass is 315 g/mol. The molecule has 1 atom stereocenters. The van der Waals surface area contributed by atoms with E-state index in [9.17, 15) is 4.79 Å². The predicted molar refractivity (Wildman–Crippen MR) is 88.5 cm³/mol. The second-order valence-corrected chi connectivity index (χ2v) is 5.92. The van der Waals surface area contributed by atoms with E-state index in [-0.39, 0.29) is 5.91 Å². The second-order valence-electron chi connectivity index (χ2n) is 5.48. The number of piperidine rings is 1. The molecular weight excluding hydrogens is 298 g/mol. The van der Waals surface area contributed by atoms with Crippen LogP contribution in [0.4, 0.5) is 5.82 Å². The number of anilines is 1. The minimum absolute atomic E-state index is 0.184. The van der Waals surface area contributed by atoms with E-state index < -0.39 is 0 Å². The first-order chi connectivity index (χ1) is 10.7. The van der Waals surface area contributed by atoms with Gasteiger partial charge >= 0.3 is 0 Å². The van der Waals surface area contributed by atoms with Gasteiger partial charge in [0.25, 0.3) is 5.91 Å². The highest BCUT2D eigenvalue weighted by Gasteiger charge is 2.15. The van der Waals surface area contributed by atoms with E-state index in [1.165, 1.54) is 18.4 Å². The van der Waals surface area contributed by atoms with Crippen LogP contribution in [0.3, 0.4) is 0 Å². The van der Waals surface area contributed by atoms with E-state index in [0.29, 0.717) is 22.3 Å². The third-order valence-electron chi connectivity index (χ3n) is 3.90. The quantitative estimate of drug-likeness (QED) is 0.912. The molecule has 0 saturated carbocycles. The van der Waals surface area contributed by atoms with Crippen LogP contribution in [-0.2, 0) is 0 Å². The van der Waals surface area contributed by atoms with E-state index >= 15 is 0 Å². The van der Waals surface area contributed by atoms with Crippen molar-refractivity contribution in [1.82, 2.24) is 10.3 Å². The van der Waals surface area contributed by atoms with Gasteiger partial charge in [-0.05, 0) is 61.2 Å². The maximum atomic E-state index is 12.1. The Balaban J connectivity index is 1.65. The first-order valence-electron chi connectivity index (χ1n) is 7.46. The minimum atomic E-state index is -0.184. The largest absolute Gasteiger partial charge is 0.316 e. The van der Waals surface area contributed by atoms with Crippen LogP contribution in [0.25, 0.3) is 0 Å². The topological polar surface area (TPSA) is 54.0 Å². The molecule has 5 heteroatoms. The zero-order chi connectivity index (χ0) is 15.4. The third kappa shape index (κ3) is 3.64. The number of carbonyl (C=O) groups is 1. The number of pyridine rings is 1. The molecule has 1 saturated heterocycles. The Morgan fingerprint density at radius 2 is 2.05 bits per heavy atom. The Kier molecular flexibility index (Phi) is 4.71. The van der Waals surface area contributed by atoms with Crippen LogP contribution >= 0.6 is 11.6 Å². The number of amides is 1. The lowest BCUT2D eigenvalue weighted by Crippen LogP contribution is -2.28. The van der Waals surface area contributed by atoms with Gasteiger partial charge in [-0.3, -0.25) is 4.79 Å². The average Bonchev–Trinajstić information content (AvgIpc) is 2.57. The van der Waals surface area contributed by atoms with E-state index in [1.807, 2.05) is 18.3 Å². The molecule has 1 amide bonds. The van der Waals surface area contributed by atoms with Gasteiger partial charge in [-0.1, -0.05) is 17.7 Å². The average molecular weight is 316 g/mol. The summed E-state index contributed by atoms with van der Waals surface area (Å²) < 4.78 is 0. The summed E-state index contributed by atoms with van der Waals surface area (Å²) in [5.74, 6) is 0.894. The van der Waals surface area contributed by atoms with Crippen molar-refractivity contribution in [3.63, 3.8) is 0 Å². The molecule has 1 aliphatic rings. The van der Waals surface area contributed by atoms with Gasteiger partial charge in [0.05, 0.1) is 0 Å². The lowest BCUT2D eigenvalue weighted by Gasteiger charge is -2.22. The van der Waals surface area contributed by atoms with Crippen molar-refractivity contribution in [3.05, 3.63) is 58.7 Å². The molecule has 1 fully saturated rings. The smallest absolute Gasteiger partial charge is 0.256 e. The molecule has 4 nitrogen and oxygen atoms in total. The molecule has 2 heterocycles. The maximum absolute atomic E-state index is 12.1. The lowest BCUT2D eigenvalue weighted by molar-refractivity contribution is 0.102. The number of rotatable bonds is 3. The van der Waals surface area contributed by atoms with Gasteiger partial charge in [-0.15, -0.1) is 0 Å². The number of carbonyl (C=O) groups excluding carboxylic acids is 1. The summed E-state index contributed by atoms with van der Waals surface area (Å²) in [4.78, 5) is 16.5. The van der Waals surface area contributed by atoms with Gasteiger partial charge in [-0.25, -0.2) is 4.98 Å². The SMILES string of the molecule is O=C(Nc1ccc(C2CCCNC2)cn1)c1ccc(Cl)cc1. The molecule has 3 rings (SSSR count). The summed E-state index contributed by atoms with van der Waals surface area (Å²) in [6.07, 6.45) is 4.24. The number of benzene rings is 1. The molecule has 0 radical (unpaired) electrons. The highest BCUT2D eigenvalue weighted by molar-refractivity contribution is 6.30. The van der Waals surface area contributed by atoms with Crippen LogP contribution in [0.5, 0.6) is 0 Å². The molecule has 1 aromatic heterocycles. The standard InChI is InChI=1S/C17H18ClN3O/c18-15-6-3-12(4-7-15)17(22)21-16-8-5-14(11-20-16)13-2-1-9-19-10-13/h3-8,11,13,19H,1-2,9-10H2,(H,20,21,22). The molecule has 0 aliphatic carbocycles. The molecule has 1 aliphatic heterocycles. The van der Waals surface area contributed by atoms with Crippen LogP contribution in [0, 0.1) is 0 Å². The number of hydrogen-bond acceptors (Lipinski definition) is 3. The Hall–Kier alpha value is -1.91. The molecule has 22 heavy (non-hydrogen) atoms. The van der Waals surface area contributed by atoms with Gasteiger partial charge in [0, 0.05) is 23.3 Å². The normalized spacial score (nSPS) is 18.0. The zero-order valence-corrected chi connectivity index (χ0v) is 12.9. The number of hydrogen-bond donors (Lipinski definition) is 2. The summed E-state index contributed by atoms with van der Waals surface area (Å²) >= 11 is 5.82. The maximum Gasteiger partial charge on any atom is 0.256 e. The molecule has 1 aromatic carbocycles. The highest BCUT2D eigenvalue weighted by Crippen LogP contribution is 2.23. The number of halogens is 1. The summed E-state index contributed by atoms with van der Waals surface area (Å²) in [5.41, 5.74) is 1.78. The number of nitrogens with one attached hydrogen (secondary N) is 2. The summed E-state index contributed by atoms with van der Waals surface area (Å²) in [5, 5.41) is 6.81. The third-order valence-corrected chi connectivity index (χ3v) is 4.15. The first kappa shape index (κ1) is 15.0. The molecule has 2 N–H and O–H groups in total. The van der Waals surface area contributed by atoms with E-state index in [1.54, 1.807) is 24.3 Å². The first-order valence-corrected chi connectivity index (χ1v) is 7.84. The van der Waals surface area contributed by atoms with Crippen molar-refractivity contribution in [2.45, 2.75) is 18.8 Å². The zero-order valence-electron chi connectivity index (χ0n) is 12.2. The Morgan fingerprint density at radius 1 is 1.23 bits per heavy atom. The fourth-order valence-corrected chi connectivity index (χ4v) is 2.77. The second kappa shape index (κ2) is 6.90. The number of aromatic nitrogens is 1. The summed E-state index contributed by atoms with van der Waals surface area (Å²) in [6, 6.07) is 10.7. The Labute approximate surface area is 134 Å². The predicted octanol–water partition coefficient (Wildman–Crippen LogP) is 3.45. The van der Waals surface area contributed by atoms with E-state index in [2.05, 4.69) is 15.6 Å². The van der Waals surface area contributed by atoms with Crippen molar-refractivity contribution in [2.75, 3.05) is 18.4 Å². The van der Waals surface area contributed by atoms with Gasteiger partial charge in [-0.2, -0.15) is 0 Å². The Morgan fingerprint density at radius 3 is 2.68 bits per heavy atom.